The second-order valence-electron chi connectivity index (χ2n) is 4.79. The lowest BCUT2D eigenvalue weighted by molar-refractivity contribution is 0.0717. The molecule has 4 nitrogen and oxygen atoms in total. The van der Waals surface area contributed by atoms with E-state index < -0.39 is 0 Å². The van der Waals surface area contributed by atoms with Gasteiger partial charge in [-0.25, -0.2) is 0 Å². The van der Waals surface area contributed by atoms with Crippen molar-refractivity contribution in [2.24, 2.45) is 0 Å². The molecule has 0 bridgehead atoms. The Morgan fingerprint density at radius 3 is 2.70 bits per heavy atom. The van der Waals surface area contributed by atoms with E-state index in [9.17, 15) is 4.79 Å². The van der Waals surface area contributed by atoms with Crippen LogP contribution in [0.1, 0.15) is 43.0 Å². The summed E-state index contributed by atoms with van der Waals surface area (Å²) in [6.45, 7) is 3.15. The average molecular weight is 343 g/mol. The Balaban J connectivity index is 2.74. The highest BCUT2D eigenvalue weighted by Gasteiger charge is 2.18. The Bertz CT molecular complexity index is 438. The molecule has 0 radical (unpaired) electrons. The number of hydrogen-bond donors (Lipinski definition) is 2. The fourth-order valence-electron chi connectivity index (χ4n) is 2.05. The van der Waals surface area contributed by atoms with Crippen LogP contribution in [0.4, 0.5) is 5.69 Å². The molecule has 0 saturated carbocycles. The second-order valence-corrected chi connectivity index (χ2v) is 5.58. The van der Waals surface area contributed by atoms with Crippen molar-refractivity contribution < 1.29 is 9.90 Å². The lowest BCUT2D eigenvalue weighted by atomic mass is 10.1. The molecule has 3 N–H and O–H groups in total. The Hall–Kier alpha value is -1.07. The summed E-state index contributed by atoms with van der Waals surface area (Å²) >= 11 is 3.36. The minimum atomic E-state index is -0.0882. The number of unbranched alkanes of at least 4 members (excludes halogenated alkanes) is 3. The maximum absolute atomic E-state index is 12.5. The molecule has 0 aliphatic rings. The normalized spacial score (nSPS) is 10.6. The van der Waals surface area contributed by atoms with Crippen LogP contribution in [0.25, 0.3) is 0 Å². The van der Waals surface area contributed by atoms with E-state index in [-0.39, 0.29) is 12.5 Å². The number of anilines is 1. The third-order valence-electron chi connectivity index (χ3n) is 3.20. The minimum Gasteiger partial charge on any atom is -0.398 e. The molecule has 1 rings (SSSR count). The molecule has 0 aliphatic heterocycles. The molecule has 0 atom stereocenters. The number of halogens is 1. The van der Waals surface area contributed by atoms with Crippen LogP contribution >= 0.6 is 15.9 Å². The van der Waals surface area contributed by atoms with Gasteiger partial charge in [0, 0.05) is 18.8 Å². The average Bonchev–Trinajstić information content (AvgIpc) is 2.44. The molecular weight excluding hydrogens is 320 g/mol. The molecule has 0 heterocycles. The monoisotopic (exact) mass is 342 g/mol. The van der Waals surface area contributed by atoms with Crippen molar-refractivity contribution in [1.82, 2.24) is 4.90 Å². The molecule has 1 aromatic rings. The van der Waals surface area contributed by atoms with Gasteiger partial charge in [0.2, 0.25) is 0 Å². The first-order valence-corrected chi connectivity index (χ1v) is 7.85. The molecule has 20 heavy (non-hydrogen) atoms. The zero-order valence-corrected chi connectivity index (χ0v) is 13.5. The zero-order chi connectivity index (χ0) is 15.0. The van der Waals surface area contributed by atoms with E-state index in [0.717, 1.165) is 19.3 Å². The first kappa shape index (κ1) is 17.0. The fraction of sp³-hybridized carbons (Fsp3) is 0.533. The maximum Gasteiger partial charge on any atom is 0.255 e. The number of carbonyl (C=O) groups excluding carboxylic acids is 1. The highest BCUT2D eigenvalue weighted by Crippen LogP contribution is 2.25. The van der Waals surface area contributed by atoms with Crippen molar-refractivity contribution in [1.29, 1.82) is 0 Å². The summed E-state index contributed by atoms with van der Waals surface area (Å²) in [5.74, 6) is -0.0882. The topological polar surface area (TPSA) is 66.6 Å². The highest BCUT2D eigenvalue weighted by atomic mass is 79.9. The van der Waals surface area contributed by atoms with Gasteiger partial charge in [-0.2, -0.15) is 0 Å². The van der Waals surface area contributed by atoms with Crippen LogP contribution in [0.2, 0.25) is 0 Å². The van der Waals surface area contributed by atoms with E-state index in [4.69, 9.17) is 10.8 Å². The number of nitrogens with two attached hydrogens (primary N) is 1. The first-order valence-electron chi connectivity index (χ1n) is 7.06. The number of aliphatic hydroxyl groups is 1. The SMILES string of the molecule is CCCCCCN(CCO)C(=O)c1cccc(N)c1Br. The molecule has 0 spiro atoms. The Kier molecular flexibility index (Phi) is 7.62. The standard InChI is InChI=1S/C15H23BrN2O2/c1-2-3-4-5-9-18(10-11-19)15(20)12-7-6-8-13(17)14(12)16/h6-8,19H,2-5,9-11,17H2,1H3. The van der Waals surface area contributed by atoms with Gasteiger partial charge >= 0.3 is 0 Å². The number of amides is 1. The molecule has 0 saturated heterocycles. The second kappa shape index (κ2) is 8.97. The van der Waals surface area contributed by atoms with E-state index in [1.807, 2.05) is 0 Å². The summed E-state index contributed by atoms with van der Waals surface area (Å²) in [6, 6.07) is 5.26. The fourth-order valence-corrected chi connectivity index (χ4v) is 2.48. The van der Waals surface area contributed by atoms with Gasteiger partial charge in [0.25, 0.3) is 5.91 Å². The molecule has 1 aromatic carbocycles. The Morgan fingerprint density at radius 2 is 2.05 bits per heavy atom. The van der Waals surface area contributed by atoms with Crippen molar-refractivity contribution in [3.63, 3.8) is 0 Å². The third kappa shape index (κ3) is 4.80. The van der Waals surface area contributed by atoms with Gasteiger partial charge in [0.05, 0.1) is 16.6 Å². The number of benzene rings is 1. The first-order chi connectivity index (χ1) is 9.61. The van der Waals surface area contributed by atoms with Crippen LogP contribution in [0.15, 0.2) is 22.7 Å². The van der Waals surface area contributed by atoms with Crippen LogP contribution in [0.3, 0.4) is 0 Å². The van der Waals surface area contributed by atoms with E-state index in [0.29, 0.717) is 28.8 Å². The summed E-state index contributed by atoms with van der Waals surface area (Å²) in [7, 11) is 0. The molecule has 1 amide bonds. The lowest BCUT2D eigenvalue weighted by Gasteiger charge is -2.22. The van der Waals surface area contributed by atoms with E-state index in [2.05, 4.69) is 22.9 Å². The van der Waals surface area contributed by atoms with Crippen molar-refractivity contribution in [3.8, 4) is 0 Å². The summed E-state index contributed by atoms with van der Waals surface area (Å²) in [4.78, 5) is 14.2. The summed E-state index contributed by atoms with van der Waals surface area (Å²) in [5, 5.41) is 9.13. The quantitative estimate of drug-likeness (QED) is 0.563. The van der Waals surface area contributed by atoms with Crippen LogP contribution in [-0.4, -0.2) is 35.6 Å². The van der Waals surface area contributed by atoms with Crippen LogP contribution in [0.5, 0.6) is 0 Å². The van der Waals surface area contributed by atoms with Crippen molar-refractivity contribution >= 4 is 27.5 Å². The third-order valence-corrected chi connectivity index (χ3v) is 4.08. The Labute approximate surface area is 129 Å². The summed E-state index contributed by atoms with van der Waals surface area (Å²) in [5.41, 5.74) is 6.90. The van der Waals surface area contributed by atoms with Crippen molar-refractivity contribution in [3.05, 3.63) is 28.2 Å². The molecule has 5 heteroatoms. The Morgan fingerprint density at radius 1 is 1.30 bits per heavy atom. The summed E-state index contributed by atoms with van der Waals surface area (Å²) in [6.07, 6.45) is 4.39. The lowest BCUT2D eigenvalue weighted by Crippen LogP contribution is -2.34. The number of hydrogen-bond acceptors (Lipinski definition) is 3. The predicted molar refractivity (Wildman–Crippen MR) is 85.7 cm³/mol. The number of rotatable bonds is 8. The van der Waals surface area contributed by atoms with Gasteiger partial charge < -0.3 is 15.7 Å². The zero-order valence-electron chi connectivity index (χ0n) is 11.9. The number of aliphatic hydroxyl groups excluding tert-OH is 1. The number of carbonyl (C=O) groups is 1. The molecule has 112 valence electrons. The van der Waals surface area contributed by atoms with Gasteiger partial charge in [-0.15, -0.1) is 0 Å². The van der Waals surface area contributed by atoms with Crippen LogP contribution in [0, 0.1) is 0 Å². The maximum atomic E-state index is 12.5. The molecule has 0 aliphatic carbocycles. The van der Waals surface area contributed by atoms with E-state index in [1.165, 1.54) is 6.42 Å². The molecule has 0 aromatic heterocycles. The smallest absolute Gasteiger partial charge is 0.255 e. The predicted octanol–water partition coefficient (Wildman–Crippen LogP) is 3.05. The molecular formula is C15H23BrN2O2. The van der Waals surface area contributed by atoms with E-state index >= 15 is 0 Å². The highest BCUT2D eigenvalue weighted by molar-refractivity contribution is 9.10. The van der Waals surface area contributed by atoms with Crippen LogP contribution < -0.4 is 5.73 Å². The number of nitrogens with zero attached hydrogens (tertiary/aromatic N) is 1. The minimum absolute atomic E-state index is 0.0283. The van der Waals surface area contributed by atoms with Crippen molar-refractivity contribution in [2.45, 2.75) is 32.6 Å². The summed E-state index contributed by atoms with van der Waals surface area (Å²) < 4.78 is 0.626. The van der Waals surface area contributed by atoms with Crippen LogP contribution in [-0.2, 0) is 0 Å². The number of nitrogen functional groups attached to an aromatic ring is 1. The molecule has 0 fully saturated rings. The van der Waals surface area contributed by atoms with Gasteiger partial charge in [0.1, 0.15) is 0 Å². The van der Waals surface area contributed by atoms with Gasteiger partial charge in [-0.05, 0) is 34.5 Å². The van der Waals surface area contributed by atoms with Gasteiger partial charge in [-0.3, -0.25) is 4.79 Å². The van der Waals surface area contributed by atoms with E-state index in [1.54, 1.807) is 23.1 Å². The van der Waals surface area contributed by atoms with Crippen molar-refractivity contribution in [2.75, 3.05) is 25.4 Å². The van der Waals surface area contributed by atoms with Gasteiger partial charge in [-0.1, -0.05) is 32.3 Å². The molecule has 0 unspecified atom stereocenters. The van der Waals surface area contributed by atoms with Gasteiger partial charge in [0.15, 0.2) is 0 Å². The largest absolute Gasteiger partial charge is 0.398 e.